The number of carbonyl (C=O) groups is 1. The summed E-state index contributed by atoms with van der Waals surface area (Å²) in [6, 6.07) is 11.9. The first kappa shape index (κ1) is 13.7. The summed E-state index contributed by atoms with van der Waals surface area (Å²) >= 11 is 0. The van der Waals surface area contributed by atoms with Gasteiger partial charge < -0.3 is 14.2 Å². The third kappa shape index (κ3) is 2.42. The molecular formula is C17H20N2O2. The molecule has 0 aliphatic carbocycles. The van der Waals surface area contributed by atoms with Gasteiger partial charge in [0.2, 0.25) is 0 Å². The van der Waals surface area contributed by atoms with E-state index in [0.717, 1.165) is 42.1 Å². The van der Waals surface area contributed by atoms with Crippen molar-refractivity contribution in [3.63, 3.8) is 0 Å². The number of nitrogens with zero attached hydrogens (tertiary/aromatic N) is 2. The van der Waals surface area contributed by atoms with E-state index in [4.69, 9.17) is 4.74 Å². The highest BCUT2D eigenvalue weighted by atomic mass is 16.5. The van der Waals surface area contributed by atoms with Gasteiger partial charge in [0.1, 0.15) is 11.4 Å². The first-order valence-corrected chi connectivity index (χ1v) is 7.38. The molecule has 4 heteroatoms. The van der Waals surface area contributed by atoms with Gasteiger partial charge in [-0.25, -0.2) is 0 Å². The number of hydrogen-bond donors (Lipinski definition) is 0. The van der Waals surface area contributed by atoms with Crippen LogP contribution in [0.3, 0.4) is 0 Å². The number of fused-ring (bicyclic) bond motifs is 1. The molecule has 1 aromatic carbocycles. The molecule has 1 aliphatic heterocycles. The minimum atomic E-state index is 0.142. The van der Waals surface area contributed by atoms with Crippen molar-refractivity contribution in [1.29, 1.82) is 0 Å². The standard InChI is InChI=1S/C17H20N2O2/c1-3-4-11-18-12-19-15(9-10-16(19)17(18)20)13-5-7-14(21-2)8-6-13/h5-10H,3-4,11-12H2,1-2H3. The van der Waals surface area contributed by atoms with Gasteiger partial charge in [-0.15, -0.1) is 0 Å². The van der Waals surface area contributed by atoms with E-state index in [9.17, 15) is 4.79 Å². The van der Waals surface area contributed by atoms with Gasteiger partial charge in [-0.2, -0.15) is 0 Å². The zero-order valence-electron chi connectivity index (χ0n) is 12.5. The zero-order valence-corrected chi connectivity index (χ0v) is 12.5. The SMILES string of the molecule is CCCCN1Cn2c(ccc2-c2ccc(OC)cc2)C1=O. The van der Waals surface area contributed by atoms with Gasteiger partial charge in [0.05, 0.1) is 19.5 Å². The molecule has 0 fully saturated rings. The Hall–Kier alpha value is -2.23. The number of methoxy groups -OCH3 is 1. The lowest BCUT2D eigenvalue weighted by atomic mass is 10.1. The maximum atomic E-state index is 12.3. The van der Waals surface area contributed by atoms with Crippen LogP contribution in [0.25, 0.3) is 11.3 Å². The molecular weight excluding hydrogens is 264 g/mol. The van der Waals surface area contributed by atoms with Crippen molar-refractivity contribution in [2.75, 3.05) is 13.7 Å². The Bertz CT molecular complexity index is 643. The minimum absolute atomic E-state index is 0.142. The second kappa shape index (κ2) is 5.64. The Kier molecular flexibility index (Phi) is 3.69. The van der Waals surface area contributed by atoms with E-state index in [2.05, 4.69) is 11.5 Å². The summed E-state index contributed by atoms with van der Waals surface area (Å²) in [5.41, 5.74) is 2.98. The zero-order chi connectivity index (χ0) is 14.8. The molecule has 1 aromatic heterocycles. The van der Waals surface area contributed by atoms with Gasteiger partial charge >= 0.3 is 0 Å². The molecule has 0 atom stereocenters. The number of rotatable bonds is 5. The lowest BCUT2D eigenvalue weighted by Gasteiger charge is -2.15. The Morgan fingerprint density at radius 3 is 2.48 bits per heavy atom. The molecule has 21 heavy (non-hydrogen) atoms. The van der Waals surface area contributed by atoms with E-state index >= 15 is 0 Å². The van der Waals surface area contributed by atoms with Gasteiger partial charge in [0.15, 0.2) is 0 Å². The van der Waals surface area contributed by atoms with Crippen LogP contribution >= 0.6 is 0 Å². The van der Waals surface area contributed by atoms with Crippen molar-refractivity contribution in [3.05, 3.63) is 42.1 Å². The lowest BCUT2D eigenvalue weighted by Crippen LogP contribution is -2.25. The van der Waals surface area contributed by atoms with E-state index in [1.807, 2.05) is 41.3 Å². The number of carbonyl (C=O) groups excluding carboxylic acids is 1. The third-order valence-electron chi connectivity index (χ3n) is 3.97. The second-order valence-corrected chi connectivity index (χ2v) is 5.32. The van der Waals surface area contributed by atoms with Crippen molar-refractivity contribution in [2.45, 2.75) is 26.4 Å². The highest BCUT2D eigenvalue weighted by molar-refractivity contribution is 5.95. The van der Waals surface area contributed by atoms with Crippen LogP contribution in [0.15, 0.2) is 36.4 Å². The first-order chi connectivity index (χ1) is 10.2. The van der Waals surface area contributed by atoms with Crippen LogP contribution in [-0.4, -0.2) is 29.0 Å². The number of amides is 1. The molecule has 2 aromatic rings. The summed E-state index contributed by atoms with van der Waals surface area (Å²) in [7, 11) is 1.66. The summed E-state index contributed by atoms with van der Waals surface area (Å²) in [6.07, 6.45) is 2.15. The highest BCUT2D eigenvalue weighted by Crippen LogP contribution is 2.29. The Labute approximate surface area is 124 Å². The molecule has 0 saturated heterocycles. The summed E-state index contributed by atoms with van der Waals surface area (Å²) in [4.78, 5) is 14.3. The molecule has 0 radical (unpaired) electrons. The Morgan fingerprint density at radius 1 is 1.10 bits per heavy atom. The van der Waals surface area contributed by atoms with Crippen LogP contribution in [0, 0.1) is 0 Å². The molecule has 1 amide bonds. The number of unbranched alkanes of at least 4 members (excludes halogenated alkanes) is 1. The molecule has 2 heterocycles. The topological polar surface area (TPSA) is 34.5 Å². The molecule has 1 aliphatic rings. The van der Waals surface area contributed by atoms with Crippen molar-refractivity contribution in [1.82, 2.24) is 9.47 Å². The normalized spacial score (nSPS) is 13.6. The van der Waals surface area contributed by atoms with Gasteiger partial charge in [-0.1, -0.05) is 13.3 Å². The third-order valence-corrected chi connectivity index (χ3v) is 3.97. The van der Waals surface area contributed by atoms with Gasteiger partial charge in [-0.3, -0.25) is 4.79 Å². The minimum Gasteiger partial charge on any atom is -0.497 e. The van der Waals surface area contributed by atoms with Gasteiger partial charge in [0, 0.05) is 6.54 Å². The van der Waals surface area contributed by atoms with Gasteiger partial charge in [0.25, 0.3) is 5.91 Å². The predicted molar refractivity (Wildman–Crippen MR) is 82.4 cm³/mol. The van der Waals surface area contributed by atoms with Crippen LogP contribution in [0.2, 0.25) is 0 Å². The highest BCUT2D eigenvalue weighted by Gasteiger charge is 2.28. The molecule has 0 unspecified atom stereocenters. The molecule has 0 N–H and O–H groups in total. The summed E-state index contributed by atoms with van der Waals surface area (Å²) < 4.78 is 7.29. The summed E-state index contributed by atoms with van der Waals surface area (Å²) in [5.74, 6) is 0.982. The second-order valence-electron chi connectivity index (χ2n) is 5.32. The molecule has 4 nitrogen and oxygen atoms in total. The van der Waals surface area contributed by atoms with Crippen molar-refractivity contribution < 1.29 is 9.53 Å². The summed E-state index contributed by atoms with van der Waals surface area (Å²) in [6.45, 7) is 3.63. The Morgan fingerprint density at radius 2 is 1.81 bits per heavy atom. The van der Waals surface area contributed by atoms with Crippen LogP contribution in [0.5, 0.6) is 5.75 Å². The van der Waals surface area contributed by atoms with E-state index in [-0.39, 0.29) is 5.91 Å². The quantitative estimate of drug-likeness (QED) is 0.843. The largest absolute Gasteiger partial charge is 0.497 e. The Balaban J connectivity index is 1.87. The van der Waals surface area contributed by atoms with Crippen LogP contribution < -0.4 is 4.74 Å². The van der Waals surface area contributed by atoms with Crippen LogP contribution in [0.1, 0.15) is 30.3 Å². The fourth-order valence-corrected chi connectivity index (χ4v) is 2.74. The molecule has 0 bridgehead atoms. The van der Waals surface area contributed by atoms with E-state index in [1.165, 1.54) is 0 Å². The van der Waals surface area contributed by atoms with Crippen LogP contribution in [0.4, 0.5) is 0 Å². The van der Waals surface area contributed by atoms with Crippen molar-refractivity contribution in [2.24, 2.45) is 0 Å². The average molecular weight is 284 g/mol. The average Bonchev–Trinajstić information content (AvgIpc) is 3.06. The number of aromatic nitrogens is 1. The number of ether oxygens (including phenoxy) is 1. The smallest absolute Gasteiger partial charge is 0.271 e. The maximum absolute atomic E-state index is 12.3. The molecule has 0 spiro atoms. The maximum Gasteiger partial charge on any atom is 0.271 e. The monoisotopic (exact) mass is 284 g/mol. The lowest BCUT2D eigenvalue weighted by molar-refractivity contribution is 0.0768. The van der Waals surface area contributed by atoms with E-state index < -0.39 is 0 Å². The van der Waals surface area contributed by atoms with E-state index in [0.29, 0.717) is 6.67 Å². The molecule has 0 saturated carbocycles. The predicted octanol–water partition coefficient (Wildman–Crippen LogP) is 3.38. The molecule has 110 valence electrons. The molecule has 3 rings (SSSR count). The fraction of sp³-hybridized carbons (Fsp3) is 0.353. The number of benzene rings is 1. The fourth-order valence-electron chi connectivity index (χ4n) is 2.74. The number of hydrogen-bond acceptors (Lipinski definition) is 2. The summed E-state index contributed by atoms with van der Waals surface area (Å²) in [5, 5.41) is 0. The van der Waals surface area contributed by atoms with E-state index in [1.54, 1.807) is 7.11 Å². The van der Waals surface area contributed by atoms with Gasteiger partial charge in [-0.05, 0) is 48.4 Å². The van der Waals surface area contributed by atoms with Crippen LogP contribution in [-0.2, 0) is 6.67 Å². The van der Waals surface area contributed by atoms with Crippen molar-refractivity contribution in [3.8, 4) is 17.0 Å². The van der Waals surface area contributed by atoms with Crippen molar-refractivity contribution >= 4 is 5.91 Å². The first-order valence-electron chi connectivity index (χ1n) is 7.38.